The first-order valence-electron chi connectivity index (χ1n) is 4.64. The molecule has 0 bridgehead atoms. The maximum absolute atomic E-state index is 12.6. The van der Waals surface area contributed by atoms with Crippen LogP contribution in [0.5, 0.6) is 0 Å². The maximum atomic E-state index is 12.6. The number of benzene rings is 1. The highest BCUT2D eigenvalue weighted by atomic mass is 19.1. The Labute approximate surface area is 86.6 Å². The van der Waals surface area contributed by atoms with Crippen LogP contribution in [0.3, 0.4) is 0 Å². The topological polar surface area (TPSA) is 53.6 Å². The van der Waals surface area contributed by atoms with Crippen molar-refractivity contribution in [2.45, 2.75) is 13.1 Å². The van der Waals surface area contributed by atoms with Gasteiger partial charge in [-0.1, -0.05) is 12.1 Å². The molecule has 2 N–H and O–H groups in total. The molecule has 0 fully saturated rings. The molecule has 0 unspecified atom stereocenters. The van der Waals surface area contributed by atoms with Crippen LogP contribution in [0.15, 0.2) is 30.6 Å². The van der Waals surface area contributed by atoms with Gasteiger partial charge in [-0.05, 0) is 17.7 Å². The highest BCUT2D eigenvalue weighted by Crippen LogP contribution is 2.02. The van der Waals surface area contributed by atoms with Crippen molar-refractivity contribution in [2.24, 2.45) is 0 Å². The standard InChI is InChI=1S/C10H11FN4/c11-9-3-1-8(2-4-9)5-12-6-10-13-7-14-15-10/h1-4,7,12H,5-6H2,(H,13,14,15). The SMILES string of the molecule is Fc1ccc(CNCc2ncn[nH]2)cc1. The summed E-state index contributed by atoms with van der Waals surface area (Å²) in [5.41, 5.74) is 1.04. The lowest BCUT2D eigenvalue weighted by molar-refractivity contribution is 0.623. The van der Waals surface area contributed by atoms with Crippen molar-refractivity contribution in [1.29, 1.82) is 0 Å². The predicted octanol–water partition coefficient (Wildman–Crippen LogP) is 1.23. The van der Waals surface area contributed by atoms with E-state index in [1.807, 2.05) is 0 Å². The number of halogens is 1. The van der Waals surface area contributed by atoms with Gasteiger partial charge in [0.25, 0.3) is 0 Å². The summed E-state index contributed by atoms with van der Waals surface area (Å²) in [4.78, 5) is 3.97. The second-order valence-corrected chi connectivity index (χ2v) is 3.16. The van der Waals surface area contributed by atoms with Gasteiger partial charge in [-0.2, -0.15) is 5.10 Å². The second kappa shape index (κ2) is 4.65. The molecule has 0 spiro atoms. The molecule has 0 amide bonds. The molecule has 15 heavy (non-hydrogen) atoms. The monoisotopic (exact) mass is 206 g/mol. The van der Waals surface area contributed by atoms with Gasteiger partial charge in [-0.15, -0.1) is 0 Å². The smallest absolute Gasteiger partial charge is 0.138 e. The van der Waals surface area contributed by atoms with Gasteiger partial charge in [0.15, 0.2) is 0 Å². The van der Waals surface area contributed by atoms with Gasteiger partial charge in [-0.25, -0.2) is 9.37 Å². The number of nitrogens with one attached hydrogen (secondary N) is 2. The van der Waals surface area contributed by atoms with Crippen LogP contribution in [-0.2, 0) is 13.1 Å². The van der Waals surface area contributed by atoms with Gasteiger partial charge >= 0.3 is 0 Å². The molecule has 2 rings (SSSR count). The van der Waals surface area contributed by atoms with Crippen LogP contribution < -0.4 is 5.32 Å². The fourth-order valence-electron chi connectivity index (χ4n) is 1.24. The normalized spacial score (nSPS) is 10.5. The van der Waals surface area contributed by atoms with Crippen molar-refractivity contribution >= 4 is 0 Å². The molecule has 0 aliphatic heterocycles. The van der Waals surface area contributed by atoms with E-state index < -0.39 is 0 Å². The molecule has 4 nitrogen and oxygen atoms in total. The van der Waals surface area contributed by atoms with Crippen molar-refractivity contribution in [3.63, 3.8) is 0 Å². The third-order valence-electron chi connectivity index (χ3n) is 2.00. The van der Waals surface area contributed by atoms with Gasteiger partial charge in [0, 0.05) is 6.54 Å². The third kappa shape index (κ3) is 2.85. The maximum Gasteiger partial charge on any atom is 0.138 e. The number of aromatic nitrogens is 3. The highest BCUT2D eigenvalue weighted by molar-refractivity contribution is 5.15. The van der Waals surface area contributed by atoms with Crippen LogP contribution in [0.25, 0.3) is 0 Å². The predicted molar refractivity (Wildman–Crippen MR) is 53.3 cm³/mol. The Kier molecular flexibility index (Phi) is 3.04. The number of aromatic amines is 1. The van der Waals surface area contributed by atoms with E-state index in [4.69, 9.17) is 0 Å². The first-order valence-corrected chi connectivity index (χ1v) is 4.64. The zero-order valence-electron chi connectivity index (χ0n) is 8.07. The van der Waals surface area contributed by atoms with Crippen molar-refractivity contribution in [3.05, 3.63) is 47.8 Å². The minimum Gasteiger partial charge on any atom is -0.306 e. The summed E-state index contributed by atoms with van der Waals surface area (Å²) in [6.07, 6.45) is 1.47. The fourth-order valence-corrected chi connectivity index (χ4v) is 1.24. The van der Waals surface area contributed by atoms with E-state index in [0.717, 1.165) is 11.4 Å². The number of hydrogen-bond donors (Lipinski definition) is 2. The third-order valence-corrected chi connectivity index (χ3v) is 2.00. The summed E-state index contributed by atoms with van der Waals surface area (Å²) < 4.78 is 12.6. The summed E-state index contributed by atoms with van der Waals surface area (Å²) >= 11 is 0. The Bertz CT molecular complexity index is 396. The lowest BCUT2D eigenvalue weighted by Crippen LogP contribution is -2.13. The zero-order chi connectivity index (χ0) is 10.5. The van der Waals surface area contributed by atoms with Gasteiger partial charge < -0.3 is 5.32 Å². The number of H-pyrrole nitrogens is 1. The van der Waals surface area contributed by atoms with Gasteiger partial charge in [0.05, 0.1) is 6.54 Å². The first-order chi connectivity index (χ1) is 7.34. The Hall–Kier alpha value is -1.75. The van der Waals surface area contributed by atoms with Crippen LogP contribution in [0.4, 0.5) is 4.39 Å². The van der Waals surface area contributed by atoms with Crippen molar-refractivity contribution in [3.8, 4) is 0 Å². The van der Waals surface area contributed by atoms with E-state index in [9.17, 15) is 4.39 Å². The lowest BCUT2D eigenvalue weighted by Gasteiger charge is -2.02. The molecule has 2 aromatic rings. The molecule has 0 radical (unpaired) electrons. The summed E-state index contributed by atoms with van der Waals surface area (Å²) in [5, 5.41) is 9.65. The van der Waals surface area contributed by atoms with Gasteiger partial charge in [0.2, 0.25) is 0 Å². The minimum absolute atomic E-state index is 0.214. The Morgan fingerprint density at radius 1 is 1.20 bits per heavy atom. The average Bonchev–Trinajstić information content (AvgIpc) is 2.74. The molecular formula is C10H11FN4. The van der Waals surface area contributed by atoms with Crippen LogP contribution in [0.1, 0.15) is 11.4 Å². The molecule has 0 saturated carbocycles. The molecule has 0 atom stereocenters. The van der Waals surface area contributed by atoms with E-state index in [2.05, 4.69) is 20.5 Å². The zero-order valence-corrected chi connectivity index (χ0v) is 8.07. The lowest BCUT2D eigenvalue weighted by atomic mass is 10.2. The molecule has 5 heteroatoms. The van der Waals surface area contributed by atoms with Crippen LogP contribution in [0, 0.1) is 5.82 Å². The molecular weight excluding hydrogens is 195 g/mol. The second-order valence-electron chi connectivity index (χ2n) is 3.16. The van der Waals surface area contributed by atoms with Gasteiger partial charge in [-0.3, -0.25) is 5.10 Å². The number of hydrogen-bond acceptors (Lipinski definition) is 3. The van der Waals surface area contributed by atoms with E-state index in [0.29, 0.717) is 13.1 Å². The van der Waals surface area contributed by atoms with Gasteiger partial charge in [0.1, 0.15) is 18.0 Å². The molecule has 1 heterocycles. The number of rotatable bonds is 4. The minimum atomic E-state index is -0.214. The quantitative estimate of drug-likeness (QED) is 0.791. The first kappa shape index (κ1) is 9.79. The molecule has 0 aliphatic rings. The Morgan fingerprint density at radius 3 is 2.67 bits per heavy atom. The molecule has 1 aromatic carbocycles. The van der Waals surface area contributed by atoms with Crippen LogP contribution >= 0.6 is 0 Å². The van der Waals surface area contributed by atoms with Crippen LogP contribution in [0.2, 0.25) is 0 Å². The Morgan fingerprint density at radius 2 is 2.00 bits per heavy atom. The van der Waals surface area contributed by atoms with E-state index in [1.165, 1.54) is 18.5 Å². The Balaban J connectivity index is 1.81. The summed E-state index contributed by atoms with van der Waals surface area (Å²) in [7, 11) is 0. The fraction of sp³-hybridized carbons (Fsp3) is 0.200. The molecule has 0 saturated heterocycles. The van der Waals surface area contributed by atoms with E-state index in [-0.39, 0.29) is 5.82 Å². The van der Waals surface area contributed by atoms with E-state index >= 15 is 0 Å². The molecule has 0 aliphatic carbocycles. The summed E-state index contributed by atoms with van der Waals surface area (Å²) in [6.45, 7) is 1.30. The number of nitrogens with zero attached hydrogens (tertiary/aromatic N) is 2. The molecule has 78 valence electrons. The van der Waals surface area contributed by atoms with E-state index in [1.54, 1.807) is 12.1 Å². The van der Waals surface area contributed by atoms with Crippen molar-refractivity contribution in [2.75, 3.05) is 0 Å². The molecule has 1 aromatic heterocycles. The van der Waals surface area contributed by atoms with Crippen LogP contribution in [-0.4, -0.2) is 15.2 Å². The summed E-state index contributed by atoms with van der Waals surface area (Å²) in [5.74, 6) is 0.575. The largest absolute Gasteiger partial charge is 0.306 e. The van der Waals surface area contributed by atoms with Crippen molar-refractivity contribution < 1.29 is 4.39 Å². The summed E-state index contributed by atoms with van der Waals surface area (Å²) in [6, 6.07) is 6.41. The van der Waals surface area contributed by atoms with Crippen molar-refractivity contribution in [1.82, 2.24) is 20.5 Å². The highest BCUT2D eigenvalue weighted by Gasteiger charge is 1.96. The average molecular weight is 206 g/mol.